The van der Waals surface area contributed by atoms with Crippen molar-refractivity contribution < 1.29 is 9.31 Å². The Morgan fingerprint density at radius 3 is 2.57 bits per heavy atom. The molecule has 0 atom stereocenters. The monoisotopic (exact) mass is 407 g/mol. The van der Waals surface area contributed by atoms with Crippen molar-refractivity contribution in [1.29, 1.82) is 0 Å². The van der Waals surface area contributed by atoms with Crippen LogP contribution in [0.2, 0.25) is 0 Å². The van der Waals surface area contributed by atoms with E-state index in [1.54, 1.807) is 6.07 Å². The molecule has 2 aromatic carbocycles. The molecule has 0 spiro atoms. The third-order valence-electron chi connectivity index (χ3n) is 6.13. The first-order valence-electron chi connectivity index (χ1n) is 10.4. The molecule has 3 aromatic rings. The minimum Gasteiger partial charge on any atom is -0.358 e. The second-order valence-electron chi connectivity index (χ2n) is 8.03. The molecule has 0 unspecified atom stereocenters. The van der Waals surface area contributed by atoms with Crippen molar-refractivity contribution in [2.45, 2.75) is 32.1 Å². The van der Waals surface area contributed by atoms with E-state index in [0.29, 0.717) is 0 Å². The molecule has 0 saturated carbocycles. The van der Waals surface area contributed by atoms with Crippen LogP contribution < -0.4 is 0 Å². The number of nitrogens with one attached hydrogen (secondary N) is 1. The van der Waals surface area contributed by atoms with E-state index in [2.05, 4.69) is 35.0 Å². The van der Waals surface area contributed by atoms with Crippen LogP contribution >= 0.6 is 0 Å². The van der Waals surface area contributed by atoms with Crippen molar-refractivity contribution in [2.75, 3.05) is 19.6 Å². The van der Waals surface area contributed by atoms with Gasteiger partial charge in [-0.2, -0.15) is 4.39 Å². The number of halogens is 1. The number of benzene rings is 2. The fourth-order valence-corrected chi connectivity index (χ4v) is 4.33. The van der Waals surface area contributed by atoms with E-state index in [9.17, 15) is 14.5 Å². The molecule has 1 aromatic heterocycles. The average Bonchev–Trinajstić information content (AvgIpc) is 3.14. The van der Waals surface area contributed by atoms with Crippen molar-refractivity contribution in [3.8, 4) is 11.3 Å². The Labute approximate surface area is 175 Å². The predicted molar refractivity (Wildman–Crippen MR) is 116 cm³/mol. The number of nitrogens with zero attached hydrogens (tertiary/aromatic N) is 2. The third-order valence-corrected chi connectivity index (χ3v) is 6.13. The summed E-state index contributed by atoms with van der Waals surface area (Å²) in [5.41, 5.74) is 5.34. The van der Waals surface area contributed by atoms with Gasteiger partial charge in [0.05, 0.1) is 4.92 Å². The van der Waals surface area contributed by atoms with Crippen molar-refractivity contribution in [3.63, 3.8) is 0 Å². The average molecular weight is 407 g/mol. The number of H-pyrrole nitrogens is 1. The van der Waals surface area contributed by atoms with E-state index in [1.165, 1.54) is 29.0 Å². The first-order valence-corrected chi connectivity index (χ1v) is 10.4. The molecular formula is C24H26FN3O2. The number of aromatic amines is 1. The lowest BCUT2D eigenvalue weighted by atomic mass is 9.89. The van der Waals surface area contributed by atoms with Crippen molar-refractivity contribution in [2.24, 2.45) is 0 Å². The second-order valence-corrected chi connectivity index (χ2v) is 8.03. The molecule has 0 radical (unpaired) electrons. The maximum absolute atomic E-state index is 13.6. The van der Waals surface area contributed by atoms with Gasteiger partial charge >= 0.3 is 5.69 Å². The van der Waals surface area contributed by atoms with Crippen molar-refractivity contribution in [1.82, 2.24) is 9.88 Å². The summed E-state index contributed by atoms with van der Waals surface area (Å²) in [6.45, 7) is 5.01. The molecule has 1 aliphatic heterocycles. The SMILES string of the molecule is Cc1[nH]c(-c2ccccc2)cc1CCN1CCC(c2ccc(F)c([N+](=O)[O-])c2)CC1. The fraction of sp³-hybridized carbons (Fsp3) is 0.333. The van der Waals surface area contributed by atoms with E-state index in [4.69, 9.17) is 0 Å². The zero-order valence-electron chi connectivity index (χ0n) is 17.1. The summed E-state index contributed by atoms with van der Waals surface area (Å²) in [5.74, 6) is -0.517. The number of hydrogen-bond acceptors (Lipinski definition) is 3. The number of nitro benzene ring substituents is 1. The van der Waals surface area contributed by atoms with Gasteiger partial charge in [-0.05, 0) is 74.0 Å². The van der Waals surface area contributed by atoms with Crippen LogP contribution in [0.25, 0.3) is 11.3 Å². The lowest BCUT2D eigenvalue weighted by Crippen LogP contribution is -2.34. The number of likely N-dealkylation sites (tertiary alicyclic amines) is 1. The summed E-state index contributed by atoms with van der Waals surface area (Å²) in [6.07, 6.45) is 2.86. The van der Waals surface area contributed by atoms with Gasteiger partial charge in [-0.1, -0.05) is 36.4 Å². The fourth-order valence-electron chi connectivity index (χ4n) is 4.33. The Hall–Kier alpha value is -2.99. The van der Waals surface area contributed by atoms with Crippen LogP contribution in [-0.2, 0) is 6.42 Å². The molecule has 4 rings (SSSR count). The lowest BCUT2D eigenvalue weighted by Gasteiger charge is -2.32. The molecule has 30 heavy (non-hydrogen) atoms. The number of nitro groups is 1. The highest BCUT2D eigenvalue weighted by atomic mass is 19.1. The number of aryl methyl sites for hydroxylation is 1. The first kappa shape index (κ1) is 20.3. The zero-order chi connectivity index (χ0) is 21.1. The van der Waals surface area contributed by atoms with Gasteiger partial charge in [0.1, 0.15) is 0 Å². The zero-order valence-corrected chi connectivity index (χ0v) is 17.1. The van der Waals surface area contributed by atoms with Crippen LogP contribution in [0, 0.1) is 22.9 Å². The molecular weight excluding hydrogens is 381 g/mol. The van der Waals surface area contributed by atoms with Crippen molar-refractivity contribution >= 4 is 5.69 Å². The number of aromatic nitrogens is 1. The topological polar surface area (TPSA) is 62.2 Å². The van der Waals surface area contributed by atoms with Crippen LogP contribution in [0.1, 0.15) is 35.6 Å². The van der Waals surface area contributed by atoms with E-state index >= 15 is 0 Å². The summed E-state index contributed by atoms with van der Waals surface area (Å²) in [5, 5.41) is 11.0. The maximum atomic E-state index is 13.6. The molecule has 0 amide bonds. The van der Waals surface area contributed by atoms with Crippen LogP contribution in [0.15, 0.2) is 54.6 Å². The summed E-state index contributed by atoms with van der Waals surface area (Å²) >= 11 is 0. The van der Waals surface area contributed by atoms with Gasteiger partial charge in [0.2, 0.25) is 5.82 Å². The van der Waals surface area contributed by atoms with E-state index in [1.807, 2.05) is 18.2 Å². The molecule has 1 saturated heterocycles. The summed E-state index contributed by atoms with van der Waals surface area (Å²) in [4.78, 5) is 16.3. The van der Waals surface area contributed by atoms with Gasteiger partial charge in [0.25, 0.3) is 0 Å². The van der Waals surface area contributed by atoms with Crippen LogP contribution in [0.3, 0.4) is 0 Å². The van der Waals surface area contributed by atoms with E-state index in [-0.39, 0.29) is 5.92 Å². The summed E-state index contributed by atoms with van der Waals surface area (Å²) in [7, 11) is 0. The quantitative estimate of drug-likeness (QED) is 0.436. The Balaban J connectivity index is 1.33. The molecule has 0 bridgehead atoms. The molecule has 5 nitrogen and oxygen atoms in total. The molecule has 1 aliphatic rings. The maximum Gasteiger partial charge on any atom is 0.305 e. The van der Waals surface area contributed by atoms with E-state index in [0.717, 1.165) is 50.2 Å². The minimum atomic E-state index is -0.766. The second kappa shape index (κ2) is 8.79. The number of piperidine rings is 1. The molecule has 156 valence electrons. The van der Waals surface area contributed by atoms with Crippen LogP contribution in [-0.4, -0.2) is 34.4 Å². The number of rotatable bonds is 6. The van der Waals surface area contributed by atoms with Gasteiger partial charge in [0, 0.05) is 24.0 Å². The van der Waals surface area contributed by atoms with E-state index < -0.39 is 16.4 Å². The van der Waals surface area contributed by atoms with Crippen LogP contribution in [0.4, 0.5) is 10.1 Å². The smallest absolute Gasteiger partial charge is 0.305 e. The molecule has 2 heterocycles. The predicted octanol–water partition coefficient (Wildman–Crippen LogP) is 5.46. The van der Waals surface area contributed by atoms with Crippen LogP contribution in [0.5, 0.6) is 0 Å². The summed E-state index contributed by atoms with van der Waals surface area (Å²) in [6, 6.07) is 16.9. The molecule has 1 fully saturated rings. The molecule has 6 heteroatoms. The molecule has 1 N–H and O–H groups in total. The largest absolute Gasteiger partial charge is 0.358 e. The highest BCUT2D eigenvalue weighted by molar-refractivity contribution is 5.61. The Morgan fingerprint density at radius 1 is 1.13 bits per heavy atom. The van der Waals surface area contributed by atoms with Gasteiger partial charge in [-0.25, -0.2) is 0 Å². The van der Waals surface area contributed by atoms with Crippen molar-refractivity contribution in [3.05, 3.63) is 87.3 Å². The highest BCUT2D eigenvalue weighted by Crippen LogP contribution is 2.31. The standard InChI is InChI=1S/C24H26FN3O2/c1-17-20(15-23(26-17)19-5-3-2-4-6-19)11-14-27-12-9-18(10-13-27)21-7-8-22(25)24(16-21)28(29)30/h2-8,15-16,18,26H,9-14H2,1H3. The molecule has 0 aliphatic carbocycles. The Kier molecular flexibility index (Phi) is 5.95. The van der Waals surface area contributed by atoms with Gasteiger partial charge in [-0.15, -0.1) is 0 Å². The Morgan fingerprint density at radius 2 is 1.87 bits per heavy atom. The third kappa shape index (κ3) is 4.44. The minimum absolute atomic E-state index is 0.249. The number of hydrogen-bond donors (Lipinski definition) is 1. The lowest BCUT2D eigenvalue weighted by molar-refractivity contribution is -0.387. The van der Waals surface area contributed by atoms with Gasteiger partial charge < -0.3 is 9.88 Å². The Bertz CT molecular complexity index is 1020. The van der Waals surface area contributed by atoms with Gasteiger partial charge in [-0.3, -0.25) is 10.1 Å². The summed E-state index contributed by atoms with van der Waals surface area (Å²) < 4.78 is 13.6. The highest BCUT2D eigenvalue weighted by Gasteiger charge is 2.23. The normalized spacial score (nSPS) is 15.4. The van der Waals surface area contributed by atoms with Gasteiger partial charge in [0.15, 0.2) is 0 Å². The first-order chi connectivity index (χ1) is 14.5.